The monoisotopic (exact) mass is 502 g/mol. The lowest BCUT2D eigenvalue weighted by molar-refractivity contribution is -0.143. The zero-order valence-corrected chi connectivity index (χ0v) is 18.8. The molecule has 0 bridgehead atoms. The molecule has 1 aromatic carbocycles. The van der Waals surface area contributed by atoms with E-state index < -0.39 is 35.6 Å². The van der Waals surface area contributed by atoms with Crippen molar-refractivity contribution in [3.05, 3.63) is 51.6 Å². The van der Waals surface area contributed by atoms with Crippen molar-refractivity contribution >= 4 is 23.6 Å². The highest BCUT2D eigenvalue weighted by molar-refractivity contribution is 6.30. The predicted octanol–water partition coefficient (Wildman–Crippen LogP) is 4.45. The summed E-state index contributed by atoms with van der Waals surface area (Å²) >= 11 is 5.77. The summed E-state index contributed by atoms with van der Waals surface area (Å²) < 4.78 is 56.2. The first-order chi connectivity index (χ1) is 16.0. The summed E-state index contributed by atoms with van der Waals surface area (Å²) in [6.45, 7) is -0.270. The van der Waals surface area contributed by atoms with Crippen LogP contribution in [0.1, 0.15) is 48.2 Å². The lowest BCUT2D eigenvalue weighted by Crippen LogP contribution is -2.48. The van der Waals surface area contributed by atoms with Gasteiger partial charge < -0.3 is 15.3 Å². The first-order valence-electron chi connectivity index (χ1n) is 10.9. The number of nitrogens with one attached hydrogen (secondary N) is 1. The number of hydrogen-bond donors (Lipinski definition) is 2. The third kappa shape index (κ3) is 5.13. The number of rotatable bonds is 4. The van der Waals surface area contributed by atoms with Gasteiger partial charge in [0.1, 0.15) is 5.82 Å². The first kappa shape index (κ1) is 24.3. The van der Waals surface area contributed by atoms with Crippen molar-refractivity contribution in [1.29, 1.82) is 0 Å². The molecule has 1 aliphatic carbocycles. The summed E-state index contributed by atoms with van der Waals surface area (Å²) in [5.74, 6) is -1.93. The van der Waals surface area contributed by atoms with Gasteiger partial charge in [-0.2, -0.15) is 18.3 Å². The average Bonchev–Trinajstić information content (AvgIpc) is 3.14. The van der Waals surface area contributed by atoms with E-state index in [1.54, 1.807) is 0 Å². The van der Waals surface area contributed by atoms with Gasteiger partial charge >= 0.3 is 18.2 Å². The Labute approximate surface area is 197 Å². The Morgan fingerprint density at radius 2 is 1.91 bits per heavy atom. The largest absolute Gasteiger partial charge is 0.481 e. The molecule has 4 rings (SSSR count). The van der Waals surface area contributed by atoms with Crippen LogP contribution in [0.2, 0.25) is 5.02 Å². The highest BCUT2D eigenvalue weighted by Crippen LogP contribution is 2.35. The fraction of sp³-hybridized carbons (Fsp3) is 0.500. The highest BCUT2D eigenvalue weighted by Gasteiger charge is 2.41. The summed E-state index contributed by atoms with van der Waals surface area (Å²) in [5.41, 5.74) is -0.685. The number of halogens is 5. The maximum atomic E-state index is 14.3. The molecule has 2 aliphatic rings. The number of urea groups is 1. The van der Waals surface area contributed by atoms with Gasteiger partial charge in [-0.3, -0.25) is 9.48 Å². The molecule has 184 valence electrons. The number of fused-ring (bicyclic) bond motifs is 1. The zero-order valence-electron chi connectivity index (χ0n) is 18.0. The number of aromatic nitrogens is 2. The van der Waals surface area contributed by atoms with E-state index in [2.05, 4.69) is 10.4 Å². The highest BCUT2D eigenvalue weighted by atomic mass is 35.5. The van der Waals surface area contributed by atoms with Crippen LogP contribution >= 0.6 is 11.6 Å². The normalized spacial score (nSPS) is 20.7. The SMILES string of the molecule is O=C(O)C1CCC(NC(=O)N2CCc3c(C(F)(F)F)nn(Cc4ccc(Cl)cc4F)c3C2)CC1. The van der Waals surface area contributed by atoms with Crippen molar-refractivity contribution in [3.63, 3.8) is 0 Å². The topological polar surface area (TPSA) is 87.5 Å². The van der Waals surface area contributed by atoms with Gasteiger partial charge in [-0.25, -0.2) is 9.18 Å². The summed E-state index contributed by atoms with van der Waals surface area (Å²) in [6, 6.07) is 3.29. The van der Waals surface area contributed by atoms with Gasteiger partial charge in [0.05, 0.1) is 24.7 Å². The number of nitrogens with zero attached hydrogens (tertiary/aromatic N) is 3. The Balaban J connectivity index is 1.52. The smallest absolute Gasteiger partial charge is 0.435 e. The summed E-state index contributed by atoms with van der Waals surface area (Å²) in [7, 11) is 0. The van der Waals surface area contributed by atoms with E-state index in [-0.39, 0.29) is 53.9 Å². The molecule has 2 amide bonds. The lowest BCUT2D eigenvalue weighted by Gasteiger charge is -2.32. The number of carboxylic acid groups (broad SMARTS) is 1. The van der Waals surface area contributed by atoms with Crippen molar-refractivity contribution in [2.45, 2.75) is 57.4 Å². The molecule has 7 nitrogen and oxygen atoms in total. The Morgan fingerprint density at radius 3 is 2.53 bits per heavy atom. The van der Waals surface area contributed by atoms with Crippen LogP contribution in [0.5, 0.6) is 0 Å². The second-order valence-corrected chi connectivity index (χ2v) is 9.11. The number of benzene rings is 1. The molecule has 0 saturated heterocycles. The van der Waals surface area contributed by atoms with Gasteiger partial charge in [0.2, 0.25) is 0 Å². The third-order valence-electron chi connectivity index (χ3n) is 6.43. The van der Waals surface area contributed by atoms with Gasteiger partial charge in [-0.1, -0.05) is 17.7 Å². The van der Waals surface area contributed by atoms with Gasteiger partial charge in [-0.05, 0) is 44.2 Å². The molecule has 1 aliphatic heterocycles. The predicted molar refractivity (Wildman–Crippen MR) is 114 cm³/mol. The Hall–Kier alpha value is -2.82. The standard InChI is InChI=1S/C22H23ClF4N4O3/c23-14-4-1-13(17(24)9-14)10-31-18-11-30(8-7-16(18)19(29-31)22(25,26)27)21(34)28-15-5-2-12(3-6-15)20(32)33/h1,4,9,12,15H,2-3,5-8,10-11H2,(H,28,34)(H,32,33). The minimum atomic E-state index is -4.68. The molecule has 0 unspecified atom stereocenters. The van der Waals surface area contributed by atoms with E-state index in [9.17, 15) is 27.2 Å². The number of amides is 2. The molecule has 2 aromatic rings. The zero-order chi connectivity index (χ0) is 24.6. The maximum Gasteiger partial charge on any atom is 0.435 e. The van der Waals surface area contributed by atoms with Crippen LogP contribution in [0.3, 0.4) is 0 Å². The maximum absolute atomic E-state index is 14.3. The van der Waals surface area contributed by atoms with E-state index in [4.69, 9.17) is 16.7 Å². The second kappa shape index (κ2) is 9.44. The minimum Gasteiger partial charge on any atom is -0.481 e. The molecule has 12 heteroatoms. The van der Waals surface area contributed by atoms with Crippen molar-refractivity contribution < 1.29 is 32.3 Å². The molecular weight excluding hydrogens is 480 g/mol. The van der Waals surface area contributed by atoms with Crippen molar-refractivity contribution in [1.82, 2.24) is 20.0 Å². The van der Waals surface area contributed by atoms with Crippen molar-refractivity contribution in [2.24, 2.45) is 5.92 Å². The molecule has 1 aromatic heterocycles. The molecule has 34 heavy (non-hydrogen) atoms. The van der Waals surface area contributed by atoms with E-state index in [1.807, 2.05) is 0 Å². The number of aliphatic carboxylic acids is 1. The summed E-state index contributed by atoms with van der Waals surface area (Å²) in [6.07, 6.45) is -2.76. The van der Waals surface area contributed by atoms with Crippen LogP contribution in [0, 0.1) is 11.7 Å². The Bertz CT molecular complexity index is 1100. The first-order valence-corrected chi connectivity index (χ1v) is 11.3. The van der Waals surface area contributed by atoms with Crippen LogP contribution in [0.25, 0.3) is 0 Å². The summed E-state index contributed by atoms with van der Waals surface area (Å²) in [5, 5.41) is 15.9. The summed E-state index contributed by atoms with van der Waals surface area (Å²) in [4.78, 5) is 25.3. The van der Waals surface area contributed by atoms with Gasteiger partial charge in [0.25, 0.3) is 0 Å². The van der Waals surface area contributed by atoms with Crippen molar-refractivity contribution in [2.75, 3.05) is 6.54 Å². The van der Waals surface area contributed by atoms with E-state index in [0.29, 0.717) is 25.7 Å². The molecule has 0 radical (unpaired) electrons. The van der Waals surface area contributed by atoms with Gasteiger partial charge in [-0.15, -0.1) is 0 Å². The van der Waals surface area contributed by atoms with Crippen molar-refractivity contribution in [3.8, 4) is 0 Å². The van der Waals surface area contributed by atoms with E-state index in [0.717, 1.165) is 10.7 Å². The second-order valence-electron chi connectivity index (χ2n) is 8.67. The molecule has 0 spiro atoms. The lowest BCUT2D eigenvalue weighted by atomic mass is 9.86. The number of carbonyl (C=O) groups excluding carboxylic acids is 1. The fourth-order valence-electron chi connectivity index (χ4n) is 4.57. The van der Waals surface area contributed by atoms with Gasteiger partial charge in [0.15, 0.2) is 5.69 Å². The minimum absolute atomic E-state index is 0.00730. The fourth-order valence-corrected chi connectivity index (χ4v) is 4.73. The molecule has 2 heterocycles. The molecule has 2 N–H and O–H groups in total. The number of alkyl halides is 3. The quantitative estimate of drug-likeness (QED) is 0.605. The van der Waals surface area contributed by atoms with E-state index in [1.165, 1.54) is 17.0 Å². The number of hydrogen-bond acceptors (Lipinski definition) is 3. The van der Waals surface area contributed by atoms with Crippen LogP contribution in [-0.4, -0.2) is 44.4 Å². The number of carbonyl (C=O) groups is 2. The Morgan fingerprint density at radius 1 is 1.21 bits per heavy atom. The number of carboxylic acids is 1. The molecule has 1 fully saturated rings. The third-order valence-corrected chi connectivity index (χ3v) is 6.67. The van der Waals surface area contributed by atoms with Crippen LogP contribution in [0.15, 0.2) is 18.2 Å². The Kier molecular flexibility index (Phi) is 6.75. The molecular formula is C22H23ClF4N4O3. The van der Waals surface area contributed by atoms with E-state index >= 15 is 0 Å². The van der Waals surface area contributed by atoms with Crippen LogP contribution in [0.4, 0.5) is 22.4 Å². The van der Waals surface area contributed by atoms with Crippen LogP contribution in [-0.2, 0) is 30.5 Å². The average molecular weight is 503 g/mol. The van der Waals surface area contributed by atoms with Crippen LogP contribution < -0.4 is 5.32 Å². The van der Waals surface area contributed by atoms with Gasteiger partial charge in [0, 0.05) is 28.7 Å². The molecule has 0 atom stereocenters. The molecule has 1 saturated carbocycles.